The summed E-state index contributed by atoms with van der Waals surface area (Å²) in [6.07, 6.45) is 4.28. The molecule has 8 heteroatoms. The molecule has 39 heavy (non-hydrogen) atoms. The lowest BCUT2D eigenvalue weighted by Crippen LogP contribution is -2.58. The predicted molar refractivity (Wildman–Crippen MR) is 152 cm³/mol. The number of carbonyl (C=O) groups is 1. The van der Waals surface area contributed by atoms with E-state index in [-0.39, 0.29) is 17.8 Å². The third-order valence-electron chi connectivity index (χ3n) is 9.21. The fourth-order valence-corrected chi connectivity index (χ4v) is 7.04. The van der Waals surface area contributed by atoms with Gasteiger partial charge in [-0.2, -0.15) is 0 Å². The summed E-state index contributed by atoms with van der Waals surface area (Å²) in [6, 6.07) is 9.47. The number of piperazine rings is 1. The number of amides is 1. The third-order valence-corrected chi connectivity index (χ3v) is 9.21. The number of methoxy groups -OCH3 is 1. The highest BCUT2D eigenvalue weighted by molar-refractivity contribution is 6.00. The van der Waals surface area contributed by atoms with Gasteiger partial charge in [0.1, 0.15) is 23.9 Å². The van der Waals surface area contributed by atoms with Crippen LogP contribution in [-0.4, -0.2) is 80.8 Å². The van der Waals surface area contributed by atoms with Crippen molar-refractivity contribution in [2.45, 2.75) is 58.2 Å². The van der Waals surface area contributed by atoms with Crippen molar-refractivity contribution in [1.82, 2.24) is 9.80 Å². The van der Waals surface area contributed by atoms with E-state index in [1.807, 2.05) is 11.0 Å². The number of carbonyl (C=O) groups excluding carboxylic acids is 1. The highest BCUT2D eigenvalue weighted by Crippen LogP contribution is 2.43. The molecule has 1 amide bonds. The van der Waals surface area contributed by atoms with Crippen molar-refractivity contribution < 1.29 is 18.7 Å². The van der Waals surface area contributed by atoms with Gasteiger partial charge >= 0.3 is 0 Å². The zero-order valence-corrected chi connectivity index (χ0v) is 23.5. The molecule has 0 aliphatic carbocycles. The molecule has 4 aliphatic heterocycles. The maximum Gasteiger partial charge on any atom is 0.254 e. The Balaban J connectivity index is 1.06. The number of halogens is 1. The first-order chi connectivity index (χ1) is 19.0. The van der Waals surface area contributed by atoms with Crippen molar-refractivity contribution in [3.05, 3.63) is 47.3 Å². The van der Waals surface area contributed by atoms with Gasteiger partial charge in [-0.25, -0.2) is 4.39 Å². The molecule has 6 rings (SSSR count). The number of benzene rings is 2. The number of nitrogens with zero attached hydrogens (tertiary/aromatic N) is 4. The fraction of sp³-hybridized carbons (Fsp3) is 0.581. The summed E-state index contributed by atoms with van der Waals surface area (Å²) in [7, 11) is 1.64. The summed E-state index contributed by atoms with van der Waals surface area (Å²) in [4.78, 5) is 22.5. The lowest BCUT2D eigenvalue weighted by molar-refractivity contribution is 0.0708. The highest BCUT2D eigenvalue weighted by Gasteiger charge is 2.39. The number of fused-ring (bicyclic) bond motifs is 5. The maximum atomic E-state index is 13.9. The van der Waals surface area contributed by atoms with Crippen molar-refractivity contribution in [2.24, 2.45) is 5.92 Å². The summed E-state index contributed by atoms with van der Waals surface area (Å²) >= 11 is 0. The van der Waals surface area contributed by atoms with Crippen molar-refractivity contribution in [3.63, 3.8) is 0 Å². The van der Waals surface area contributed by atoms with Crippen LogP contribution < -0.4 is 19.3 Å². The van der Waals surface area contributed by atoms with E-state index in [4.69, 9.17) is 9.47 Å². The second-order valence-electron chi connectivity index (χ2n) is 11.7. The molecule has 0 bridgehead atoms. The summed E-state index contributed by atoms with van der Waals surface area (Å²) in [5.74, 6) is 2.22. The lowest BCUT2D eigenvalue weighted by atomic mass is 9.94. The summed E-state index contributed by atoms with van der Waals surface area (Å²) in [5.41, 5.74) is 3.90. The second kappa shape index (κ2) is 10.9. The average molecular weight is 537 g/mol. The Morgan fingerprint density at radius 3 is 2.69 bits per heavy atom. The maximum absolute atomic E-state index is 13.9. The average Bonchev–Trinajstić information content (AvgIpc) is 3.30. The van der Waals surface area contributed by atoms with Crippen LogP contribution >= 0.6 is 0 Å². The van der Waals surface area contributed by atoms with E-state index in [0.717, 1.165) is 99.0 Å². The van der Waals surface area contributed by atoms with Gasteiger partial charge in [0.05, 0.1) is 31.1 Å². The molecule has 2 unspecified atom stereocenters. The number of ether oxygens (including phenoxy) is 2. The van der Waals surface area contributed by atoms with Crippen LogP contribution in [-0.2, 0) is 6.54 Å². The molecule has 4 aliphatic rings. The first kappa shape index (κ1) is 26.2. The first-order valence-corrected chi connectivity index (χ1v) is 14.6. The molecule has 0 aromatic heterocycles. The normalized spacial score (nSPS) is 22.3. The van der Waals surface area contributed by atoms with Crippen LogP contribution in [0.25, 0.3) is 0 Å². The number of anilines is 2. The topological polar surface area (TPSA) is 48.5 Å². The minimum atomic E-state index is -0.220. The van der Waals surface area contributed by atoms with E-state index < -0.39 is 0 Å². The summed E-state index contributed by atoms with van der Waals surface area (Å²) in [5, 5.41) is 0. The van der Waals surface area contributed by atoms with Crippen molar-refractivity contribution in [1.29, 1.82) is 0 Å². The van der Waals surface area contributed by atoms with Gasteiger partial charge in [-0.3, -0.25) is 9.69 Å². The zero-order valence-electron chi connectivity index (χ0n) is 23.5. The molecule has 7 nitrogen and oxygen atoms in total. The molecule has 0 N–H and O–H groups in total. The van der Waals surface area contributed by atoms with E-state index in [9.17, 15) is 9.18 Å². The molecule has 210 valence electrons. The van der Waals surface area contributed by atoms with E-state index in [1.54, 1.807) is 19.2 Å². The van der Waals surface area contributed by atoms with Crippen LogP contribution in [0.3, 0.4) is 0 Å². The Kier molecular flexibility index (Phi) is 7.31. The molecule has 2 aromatic carbocycles. The fourth-order valence-electron chi connectivity index (χ4n) is 7.04. The smallest absolute Gasteiger partial charge is 0.254 e. The van der Waals surface area contributed by atoms with Crippen LogP contribution in [0.2, 0.25) is 0 Å². The second-order valence-corrected chi connectivity index (χ2v) is 11.7. The minimum Gasteiger partial charge on any atom is -0.495 e. The third kappa shape index (κ3) is 4.92. The van der Waals surface area contributed by atoms with Gasteiger partial charge in [-0.1, -0.05) is 13.3 Å². The van der Waals surface area contributed by atoms with Gasteiger partial charge in [0.2, 0.25) is 0 Å². The summed E-state index contributed by atoms with van der Waals surface area (Å²) in [6.45, 7) is 11.6. The van der Waals surface area contributed by atoms with Gasteiger partial charge in [0.25, 0.3) is 5.91 Å². The Morgan fingerprint density at radius 1 is 1.10 bits per heavy atom. The highest BCUT2D eigenvalue weighted by atomic mass is 19.1. The molecule has 2 saturated heterocycles. The predicted octanol–water partition coefficient (Wildman–Crippen LogP) is 4.78. The first-order valence-electron chi connectivity index (χ1n) is 14.6. The van der Waals surface area contributed by atoms with E-state index in [2.05, 4.69) is 34.6 Å². The number of hydrogen-bond acceptors (Lipinski definition) is 6. The van der Waals surface area contributed by atoms with E-state index in [0.29, 0.717) is 25.1 Å². The van der Waals surface area contributed by atoms with Gasteiger partial charge in [0, 0.05) is 62.5 Å². The zero-order chi connectivity index (χ0) is 27.1. The SMILES string of the molecule is CCCC(C)N1Cc2c(ccc3c2OCC2CN(CC4CCN(c5cc(F)ccc5OC)CC4)CCN32)C1=O. The molecule has 4 heterocycles. The van der Waals surface area contributed by atoms with Crippen LogP contribution in [0.15, 0.2) is 30.3 Å². The van der Waals surface area contributed by atoms with Crippen LogP contribution in [0.5, 0.6) is 11.5 Å². The van der Waals surface area contributed by atoms with Gasteiger partial charge in [-0.15, -0.1) is 0 Å². The van der Waals surface area contributed by atoms with Gasteiger partial charge in [-0.05, 0) is 56.4 Å². The summed E-state index contributed by atoms with van der Waals surface area (Å²) < 4.78 is 25.8. The molecule has 2 fully saturated rings. The van der Waals surface area contributed by atoms with Crippen molar-refractivity contribution >= 4 is 17.3 Å². The number of rotatable bonds is 7. The van der Waals surface area contributed by atoms with Crippen LogP contribution in [0.4, 0.5) is 15.8 Å². The minimum absolute atomic E-state index is 0.145. The Labute approximate surface area is 231 Å². The lowest BCUT2D eigenvalue weighted by Gasteiger charge is -2.47. The largest absolute Gasteiger partial charge is 0.495 e. The Morgan fingerprint density at radius 2 is 1.92 bits per heavy atom. The molecular formula is C31H41FN4O3. The molecule has 0 radical (unpaired) electrons. The molecule has 0 spiro atoms. The van der Waals surface area contributed by atoms with Gasteiger partial charge in [0.15, 0.2) is 0 Å². The van der Waals surface area contributed by atoms with Crippen LogP contribution in [0, 0.1) is 11.7 Å². The quantitative estimate of drug-likeness (QED) is 0.508. The van der Waals surface area contributed by atoms with Crippen LogP contribution in [0.1, 0.15) is 55.5 Å². The standard InChI is InChI=1S/C31H41FN4O3/c1-4-5-21(2)36-19-26-25(31(36)37)7-8-27-30(26)39-20-24-18-33(14-15-35(24)27)17-22-10-12-34(13-11-22)28-16-23(32)6-9-29(28)38-3/h6-9,16,21-22,24H,4-5,10-15,17-20H2,1-3H3. The van der Waals surface area contributed by atoms with Gasteiger partial charge < -0.3 is 24.2 Å². The Hall–Kier alpha value is -3.00. The molecule has 2 aromatic rings. The number of piperidine rings is 1. The molecule has 2 atom stereocenters. The number of hydrogen-bond donors (Lipinski definition) is 0. The van der Waals surface area contributed by atoms with Crippen molar-refractivity contribution in [2.75, 3.05) is 62.8 Å². The molecule has 0 saturated carbocycles. The Bertz CT molecular complexity index is 1210. The monoisotopic (exact) mass is 536 g/mol. The van der Waals surface area contributed by atoms with Crippen molar-refractivity contribution in [3.8, 4) is 11.5 Å². The molecular weight excluding hydrogens is 495 g/mol. The van der Waals surface area contributed by atoms with E-state index >= 15 is 0 Å². The van der Waals surface area contributed by atoms with E-state index in [1.165, 1.54) is 6.07 Å².